The van der Waals surface area contributed by atoms with E-state index in [0.717, 1.165) is 31.8 Å². The van der Waals surface area contributed by atoms with E-state index in [-0.39, 0.29) is 0 Å². The predicted octanol–water partition coefficient (Wildman–Crippen LogP) is 3.31. The summed E-state index contributed by atoms with van der Waals surface area (Å²) in [5, 5.41) is 0. The minimum Gasteiger partial charge on any atom is -0.370 e. The Kier molecular flexibility index (Phi) is 3.38. The fourth-order valence-electron chi connectivity index (χ4n) is 3.74. The van der Waals surface area contributed by atoms with Gasteiger partial charge in [0.05, 0.1) is 0 Å². The molecule has 2 heterocycles. The zero-order valence-electron chi connectivity index (χ0n) is 13.7. The third-order valence-corrected chi connectivity index (χ3v) is 5.00. The topological polar surface area (TPSA) is 32.5 Å². The van der Waals surface area contributed by atoms with Crippen molar-refractivity contribution >= 4 is 17.1 Å². The molecular weight excluding hydrogens is 282 g/mol. The molecule has 0 unspecified atom stereocenters. The molecule has 0 spiro atoms. The van der Waals surface area contributed by atoms with E-state index in [9.17, 15) is 0 Å². The van der Waals surface area contributed by atoms with Crippen molar-refractivity contribution in [3.05, 3.63) is 65.2 Å². The summed E-state index contributed by atoms with van der Waals surface area (Å²) in [7, 11) is 0. The van der Waals surface area contributed by atoms with Gasteiger partial charge in [0.15, 0.2) is 0 Å². The SMILES string of the molecule is C=C1c2cc(C)ccc2CN1c1ccc2c(c1)N(CCN)CC2. The van der Waals surface area contributed by atoms with E-state index >= 15 is 0 Å². The predicted molar refractivity (Wildman–Crippen MR) is 97.8 cm³/mol. The maximum atomic E-state index is 5.75. The molecule has 0 saturated heterocycles. The van der Waals surface area contributed by atoms with Crippen molar-refractivity contribution in [2.24, 2.45) is 5.73 Å². The van der Waals surface area contributed by atoms with Gasteiger partial charge >= 0.3 is 0 Å². The van der Waals surface area contributed by atoms with Gasteiger partial charge < -0.3 is 15.5 Å². The Morgan fingerprint density at radius 1 is 1.13 bits per heavy atom. The van der Waals surface area contributed by atoms with E-state index in [0.29, 0.717) is 6.54 Å². The molecule has 3 heteroatoms. The Morgan fingerprint density at radius 3 is 2.78 bits per heavy atom. The molecule has 2 aromatic carbocycles. The van der Waals surface area contributed by atoms with Gasteiger partial charge in [-0.2, -0.15) is 0 Å². The summed E-state index contributed by atoms with van der Waals surface area (Å²) in [5.74, 6) is 0. The fourth-order valence-corrected chi connectivity index (χ4v) is 3.74. The van der Waals surface area contributed by atoms with E-state index in [4.69, 9.17) is 5.73 Å². The molecule has 0 amide bonds. The first-order chi connectivity index (χ1) is 11.2. The molecular formula is C20H23N3. The van der Waals surface area contributed by atoms with Crippen LogP contribution in [0.15, 0.2) is 43.0 Å². The van der Waals surface area contributed by atoms with Gasteiger partial charge in [-0.1, -0.05) is 30.3 Å². The molecule has 23 heavy (non-hydrogen) atoms. The van der Waals surface area contributed by atoms with E-state index in [2.05, 4.69) is 59.7 Å². The lowest BCUT2D eigenvalue weighted by Crippen LogP contribution is -2.27. The molecule has 2 N–H and O–H groups in total. The van der Waals surface area contributed by atoms with Gasteiger partial charge in [0.2, 0.25) is 0 Å². The third-order valence-electron chi connectivity index (χ3n) is 5.00. The largest absolute Gasteiger partial charge is 0.370 e. The Bertz CT molecular complexity index is 776. The molecule has 3 nitrogen and oxygen atoms in total. The summed E-state index contributed by atoms with van der Waals surface area (Å²) in [6, 6.07) is 13.5. The number of hydrogen-bond donors (Lipinski definition) is 1. The highest BCUT2D eigenvalue weighted by atomic mass is 15.2. The van der Waals surface area contributed by atoms with Crippen LogP contribution in [0.25, 0.3) is 5.70 Å². The van der Waals surface area contributed by atoms with Crippen LogP contribution in [-0.4, -0.2) is 19.6 Å². The Labute approximate surface area is 138 Å². The number of nitrogens with zero attached hydrogens (tertiary/aromatic N) is 2. The summed E-state index contributed by atoms with van der Waals surface area (Å²) in [4.78, 5) is 4.72. The van der Waals surface area contributed by atoms with Crippen LogP contribution in [0.4, 0.5) is 11.4 Å². The van der Waals surface area contributed by atoms with E-state index in [1.807, 2.05) is 0 Å². The van der Waals surface area contributed by atoms with Gasteiger partial charge in [0, 0.05) is 48.8 Å². The first-order valence-electron chi connectivity index (χ1n) is 8.31. The summed E-state index contributed by atoms with van der Waals surface area (Å²) in [6.45, 7) is 10.1. The van der Waals surface area contributed by atoms with Gasteiger partial charge in [0.1, 0.15) is 0 Å². The minimum absolute atomic E-state index is 0.699. The lowest BCUT2D eigenvalue weighted by Gasteiger charge is -2.23. The highest BCUT2D eigenvalue weighted by Gasteiger charge is 2.25. The van der Waals surface area contributed by atoms with Crippen molar-refractivity contribution < 1.29 is 0 Å². The van der Waals surface area contributed by atoms with Crippen molar-refractivity contribution in [2.75, 3.05) is 29.4 Å². The molecule has 0 fully saturated rings. The summed E-state index contributed by atoms with van der Waals surface area (Å²) in [5.41, 5.74) is 14.8. The summed E-state index contributed by atoms with van der Waals surface area (Å²) in [6.07, 6.45) is 1.12. The number of aryl methyl sites for hydroxylation is 1. The lowest BCUT2D eigenvalue weighted by molar-refractivity contribution is 0.821. The number of benzene rings is 2. The van der Waals surface area contributed by atoms with Crippen LogP contribution in [0.1, 0.15) is 22.3 Å². The molecule has 0 radical (unpaired) electrons. The summed E-state index contributed by atoms with van der Waals surface area (Å²) < 4.78 is 0. The third kappa shape index (κ3) is 2.32. The molecule has 4 rings (SSSR count). The second kappa shape index (κ2) is 5.43. The quantitative estimate of drug-likeness (QED) is 0.944. The average molecular weight is 305 g/mol. The van der Waals surface area contributed by atoms with Gasteiger partial charge in [-0.05, 0) is 42.7 Å². The second-order valence-electron chi connectivity index (χ2n) is 6.53. The monoisotopic (exact) mass is 305 g/mol. The van der Waals surface area contributed by atoms with Gasteiger partial charge in [0.25, 0.3) is 0 Å². The molecule has 2 aromatic rings. The van der Waals surface area contributed by atoms with E-state index in [1.54, 1.807) is 0 Å². The van der Waals surface area contributed by atoms with Crippen LogP contribution >= 0.6 is 0 Å². The van der Waals surface area contributed by atoms with Crippen molar-refractivity contribution in [1.29, 1.82) is 0 Å². The zero-order chi connectivity index (χ0) is 16.0. The van der Waals surface area contributed by atoms with Crippen molar-refractivity contribution in [3.8, 4) is 0 Å². The van der Waals surface area contributed by atoms with Crippen LogP contribution in [-0.2, 0) is 13.0 Å². The lowest BCUT2D eigenvalue weighted by atomic mass is 10.1. The van der Waals surface area contributed by atoms with Crippen molar-refractivity contribution in [1.82, 2.24) is 0 Å². The number of anilines is 2. The molecule has 2 aliphatic heterocycles. The van der Waals surface area contributed by atoms with Gasteiger partial charge in [-0.3, -0.25) is 0 Å². The van der Waals surface area contributed by atoms with Crippen molar-refractivity contribution in [2.45, 2.75) is 19.9 Å². The molecule has 0 aromatic heterocycles. The highest BCUT2D eigenvalue weighted by molar-refractivity contribution is 5.85. The number of rotatable bonds is 3. The Hall–Kier alpha value is -2.26. The molecule has 0 atom stereocenters. The van der Waals surface area contributed by atoms with E-state index in [1.165, 1.54) is 33.6 Å². The Morgan fingerprint density at radius 2 is 1.96 bits per heavy atom. The molecule has 2 aliphatic rings. The molecule has 0 saturated carbocycles. The maximum Gasteiger partial charge on any atom is 0.0488 e. The van der Waals surface area contributed by atoms with Gasteiger partial charge in [-0.25, -0.2) is 0 Å². The molecule has 0 bridgehead atoms. The zero-order valence-corrected chi connectivity index (χ0v) is 13.7. The second-order valence-corrected chi connectivity index (χ2v) is 6.53. The Balaban J connectivity index is 1.68. The van der Waals surface area contributed by atoms with Crippen LogP contribution in [0, 0.1) is 6.92 Å². The van der Waals surface area contributed by atoms with Crippen LogP contribution in [0.3, 0.4) is 0 Å². The highest BCUT2D eigenvalue weighted by Crippen LogP contribution is 2.39. The smallest absolute Gasteiger partial charge is 0.0488 e. The van der Waals surface area contributed by atoms with Crippen LogP contribution in [0.2, 0.25) is 0 Å². The molecule has 118 valence electrons. The minimum atomic E-state index is 0.699. The van der Waals surface area contributed by atoms with Crippen LogP contribution in [0.5, 0.6) is 0 Å². The van der Waals surface area contributed by atoms with Crippen molar-refractivity contribution in [3.63, 3.8) is 0 Å². The first kappa shape index (κ1) is 14.3. The van der Waals surface area contributed by atoms with Gasteiger partial charge in [-0.15, -0.1) is 0 Å². The van der Waals surface area contributed by atoms with Crippen LogP contribution < -0.4 is 15.5 Å². The number of fused-ring (bicyclic) bond motifs is 2. The summed E-state index contributed by atoms with van der Waals surface area (Å²) >= 11 is 0. The normalized spacial score (nSPS) is 16.0. The first-order valence-corrected chi connectivity index (χ1v) is 8.31. The standard InChI is InChI=1S/C20H23N3/c1-14-3-4-17-13-23(15(2)19(17)11-14)18-6-5-16-7-9-22(10-8-21)20(16)12-18/h3-6,11-12H,2,7-10,13,21H2,1H3. The average Bonchev–Trinajstić information content (AvgIpc) is 3.09. The fraction of sp³-hybridized carbons (Fsp3) is 0.300. The number of hydrogen-bond acceptors (Lipinski definition) is 3. The number of nitrogens with two attached hydrogens (primary N) is 1. The molecule has 0 aliphatic carbocycles. The maximum absolute atomic E-state index is 5.75. The van der Waals surface area contributed by atoms with E-state index < -0.39 is 0 Å².